The van der Waals surface area contributed by atoms with Gasteiger partial charge in [0.1, 0.15) is 18.1 Å². The SMILES string of the molecule is O=C(Nc1cc(OCC(F)F)cc([N+](=O)[O-])c1)c1ccnn1C(F)F. The van der Waals surface area contributed by atoms with Crippen LogP contribution in [0.2, 0.25) is 0 Å². The number of non-ortho nitro benzene ring substituents is 1. The van der Waals surface area contributed by atoms with Crippen LogP contribution in [0.25, 0.3) is 0 Å². The van der Waals surface area contributed by atoms with E-state index in [-0.39, 0.29) is 16.1 Å². The van der Waals surface area contributed by atoms with Gasteiger partial charge in [-0.1, -0.05) is 0 Å². The Morgan fingerprint density at radius 3 is 2.64 bits per heavy atom. The van der Waals surface area contributed by atoms with Crippen LogP contribution in [0.4, 0.5) is 28.9 Å². The Balaban J connectivity index is 2.26. The summed E-state index contributed by atoms with van der Waals surface area (Å²) in [5, 5.41) is 16.3. The Bertz CT molecular complexity index is 781. The standard InChI is InChI=1S/C13H10F4N4O4/c14-11(15)6-25-9-4-7(3-8(5-9)21(23)24)19-12(22)10-1-2-18-20(10)13(16)17/h1-5,11,13H,6H2,(H,19,22). The average Bonchev–Trinajstić information content (AvgIpc) is 3.02. The van der Waals surface area contributed by atoms with E-state index in [1.807, 2.05) is 0 Å². The molecule has 2 aromatic rings. The van der Waals surface area contributed by atoms with Crippen LogP contribution in [0.1, 0.15) is 17.0 Å². The molecule has 134 valence electrons. The second-order valence-electron chi connectivity index (χ2n) is 4.57. The Labute approximate surface area is 137 Å². The van der Waals surface area contributed by atoms with Crippen molar-refractivity contribution in [1.82, 2.24) is 9.78 Å². The van der Waals surface area contributed by atoms with Gasteiger partial charge in [0, 0.05) is 18.3 Å². The van der Waals surface area contributed by atoms with Crippen molar-refractivity contribution in [3.05, 3.63) is 46.3 Å². The van der Waals surface area contributed by atoms with E-state index < -0.39 is 41.8 Å². The number of nitro benzene ring substituents is 1. The molecule has 0 aliphatic heterocycles. The number of nitrogens with zero attached hydrogens (tertiary/aromatic N) is 3. The highest BCUT2D eigenvalue weighted by Gasteiger charge is 2.19. The average molecular weight is 362 g/mol. The van der Waals surface area contributed by atoms with E-state index in [9.17, 15) is 32.5 Å². The number of carbonyl (C=O) groups excluding carboxylic acids is 1. The molecule has 0 spiro atoms. The molecule has 1 aromatic carbocycles. The second kappa shape index (κ2) is 7.59. The van der Waals surface area contributed by atoms with Crippen LogP contribution in [0, 0.1) is 10.1 Å². The van der Waals surface area contributed by atoms with Gasteiger partial charge in [0.2, 0.25) is 0 Å². The Kier molecular flexibility index (Phi) is 5.52. The van der Waals surface area contributed by atoms with Crippen molar-refractivity contribution in [3.8, 4) is 5.75 Å². The summed E-state index contributed by atoms with van der Waals surface area (Å²) in [6.45, 7) is -4.07. The van der Waals surface area contributed by atoms with Gasteiger partial charge in [-0.15, -0.1) is 0 Å². The first-order chi connectivity index (χ1) is 11.8. The first kappa shape index (κ1) is 18.2. The zero-order chi connectivity index (χ0) is 18.6. The highest BCUT2D eigenvalue weighted by Crippen LogP contribution is 2.27. The fraction of sp³-hybridized carbons (Fsp3) is 0.231. The predicted molar refractivity (Wildman–Crippen MR) is 76.0 cm³/mol. The Morgan fingerprint density at radius 2 is 2.04 bits per heavy atom. The number of halogens is 4. The van der Waals surface area contributed by atoms with Crippen molar-refractivity contribution in [2.24, 2.45) is 0 Å². The molecule has 25 heavy (non-hydrogen) atoms. The molecule has 0 aliphatic rings. The molecular formula is C13H10F4N4O4. The smallest absolute Gasteiger partial charge is 0.333 e. The lowest BCUT2D eigenvalue weighted by molar-refractivity contribution is -0.384. The van der Waals surface area contributed by atoms with E-state index in [0.29, 0.717) is 0 Å². The third-order valence-corrected chi connectivity index (χ3v) is 2.82. The molecule has 1 aromatic heterocycles. The summed E-state index contributed by atoms with van der Waals surface area (Å²) >= 11 is 0. The van der Waals surface area contributed by atoms with E-state index in [1.165, 1.54) is 0 Å². The van der Waals surface area contributed by atoms with Crippen LogP contribution in [-0.4, -0.2) is 33.6 Å². The molecule has 0 radical (unpaired) electrons. The summed E-state index contributed by atoms with van der Waals surface area (Å²) in [5.41, 5.74) is -1.22. The van der Waals surface area contributed by atoms with Crippen LogP contribution in [0.15, 0.2) is 30.5 Å². The molecule has 0 aliphatic carbocycles. The van der Waals surface area contributed by atoms with Gasteiger partial charge in [0.05, 0.1) is 16.7 Å². The van der Waals surface area contributed by atoms with Crippen molar-refractivity contribution in [3.63, 3.8) is 0 Å². The molecule has 1 amide bonds. The largest absolute Gasteiger partial charge is 0.487 e. The number of alkyl halides is 4. The molecule has 1 N–H and O–H groups in total. The van der Waals surface area contributed by atoms with E-state index in [0.717, 1.165) is 30.5 Å². The van der Waals surface area contributed by atoms with Crippen molar-refractivity contribution in [2.75, 3.05) is 11.9 Å². The Hall–Kier alpha value is -3.18. The molecule has 12 heteroatoms. The van der Waals surface area contributed by atoms with Crippen LogP contribution in [0.5, 0.6) is 5.75 Å². The molecule has 8 nitrogen and oxygen atoms in total. The van der Waals surface area contributed by atoms with Crippen molar-refractivity contribution in [2.45, 2.75) is 13.0 Å². The number of nitrogens with one attached hydrogen (secondary N) is 1. The summed E-state index contributed by atoms with van der Waals surface area (Å²) in [6.07, 6.45) is -1.83. The summed E-state index contributed by atoms with van der Waals surface area (Å²) in [6, 6.07) is 3.89. The quantitative estimate of drug-likeness (QED) is 0.464. The number of hydrogen-bond acceptors (Lipinski definition) is 5. The first-order valence-electron chi connectivity index (χ1n) is 6.61. The van der Waals surface area contributed by atoms with Gasteiger partial charge in [-0.05, 0) is 6.07 Å². The minimum Gasteiger partial charge on any atom is -0.487 e. The molecule has 0 saturated heterocycles. The lowest BCUT2D eigenvalue weighted by atomic mass is 10.2. The van der Waals surface area contributed by atoms with E-state index in [1.54, 1.807) is 0 Å². The Morgan fingerprint density at radius 1 is 1.32 bits per heavy atom. The minimum atomic E-state index is -3.06. The van der Waals surface area contributed by atoms with Crippen molar-refractivity contribution in [1.29, 1.82) is 0 Å². The number of carbonyl (C=O) groups is 1. The number of ether oxygens (including phenoxy) is 1. The third-order valence-electron chi connectivity index (χ3n) is 2.82. The van der Waals surface area contributed by atoms with Gasteiger partial charge < -0.3 is 10.1 Å². The van der Waals surface area contributed by atoms with Gasteiger partial charge >= 0.3 is 6.55 Å². The number of hydrogen-bond donors (Lipinski definition) is 1. The molecule has 0 saturated carbocycles. The van der Waals surface area contributed by atoms with Crippen LogP contribution >= 0.6 is 0 Å². The monoisotopic (exact) mass is 362 g/mol. The maximum absolute atomic E-state index is 12.7. The molecule has 0 fully saturated rings. The fourth-order valence-corrected chi connectivity index (χ4v) is 1.85. The van der Waals surface area contributed by atoms with Crippen LogP contribution in [-0.2, 0) is 0 Å². The minimum absolute atomic E-state index is 0.154. The molecule has 0 bridgehead atoms. The summed E-state index contributed by atoms with van der Waals surface area (Å²) in [4.78, 5) is 22.1. The molecule has 2 rings (SSSR count). The lowest BCUT2D eigenvalue weighted by Gasteiger charge is -2.10. The maximum Gasteiger partial charge on any atom is 0.333 e. The first-order valence-corrected chi connectivity index (χ1v) is 6.61. The molecular weight excluding hydrogens is 352 g/mol. The van der Waals surface area contributed by atoms with Crippen molar-refractivity contribution < 1.29 is 32.0 Å². The van der Waals surface area contributed by atoms with Gasteiger partial charge in [0.15, 0.2) is 0 Å². The molecule has 0 atom stereocenters. The zero-order valence-corrected chi connectivity index (χ0v) is 12.2. The van der Waals surface area contributed by atoms with Crippen LogP contribution < -0.4 is 10.1 Å². The van der Waals surface area contributed by atoms with E-state index in [4.69, 9.17) is 0 Å². The van der Waals surface area contributed by atoms with Crippen LogP contribution in [0.3, 0.4) is 0 Å². The fourth-order valence-electron chi connectivity index (χ4n) is 1.85. The second-order valence-corrected chi connectivity index (χ2v) is 4.57. The number of benzene rings is 1. The number of anilines is 1. The summed E-state index contributed by atoms with van der Waals surface area (Å²) in [5.74, 6) is -1.30. The molecule has 0 unspecified atom stereocenters. The van der Waals surface area contributed by atoms with Crippen molar-refractivity contribution >= 4 is 17.3 Å². The number of rotatable bonds is 7. The number of nitro groups is 1. The summed E-state index contributed by atoms with van der Waals surface area (Å²) in [7, 11) is 0. The van der Waals surface area contributed by atoms with Gasteiger partial charge in [-0.25, -0.2) is 8.78 Å². The van der Waals surface area contributed by atoms with Gasteiger partial charge in [0.25, 0.3) is 18.0 Å². The van der Waals surface area contributed by atoms with E-state index in [2.05, 4.69) is 15.2 Å². The molecule has 1 heterocycles. The lowest BCUT2D eigenvalue weighted by Crippen LogP contribution is -2.18. The number of aromatic nitrogens is 2. The third kappa shape index (κ3) is 4.65. The maximum atomic E-state index is 12.7. The highest BCUT2D eigenvalue weighted by atomic mass is 19.3. The number of amides is 1. The normalized spacial score (nSPS) is 11.0. The topological polar surface area (TPSA) is 99.3 Å². The van der Waals surface area contributed by atoms with Gasteiger partial charge in [-0.2, -0.15) is 18.6 Å². The highest BCUT2D eigenvalue weighted by molar-refractivity contribution is 6.03. The van der Waals surface area contributed by atoms with E-state index >= 15 is 0 Å². The van der Waals surface area contributed by atoms with Gasteiger partial charge in [-0.3, -0.25) is 14.9 Å². The predicted octanol–water partition coefficient (Wildman–Crippen LogP) is 3.08. The zero-order valence-electron chi connectivity index (χ0n) is 12.2. The summed E-state index contributed by atoms with van der Waals surface area (Å²) < 4.78 is 54.6.